The molecule has 2 aromatic rings. The molecule has 3 heterocycles. The van der Waals surface area contributed by atoms with Gasteiger partial charge in [0.25, 0.3) is 0 Å². The van der Waals surface area contributed by atoms with Crippen molar-refractivity contribution in [1.29, 1.82) is 0 Å². The molecule has 0 radical (unpaired) electrons. The van der Waals surface area contributed by atoms with Gasteiger partial charge < -0.3 is 14.4 Å². The minimum Gasteiger partial charge on any atom is -0.369 e. The number of likely N-dealkylation sites (tertiary alicyclic amines) is 1. The summed E-state index contributed by atoms with van der Waals surface area (Å²) in [4.78, 5) is 22.7. The van der Waals surface area contributed by atoms with Gasteiger partial charge in [0.15, 0.2) is 0 Å². The fourth-order valence-electron chi connectivity index (χ4n) is 3.68. The molecule has 1 aromatic carbocycles. The minimum absolute atomic E-state index is 0.330. The molecule has 2 fully saturated rings. The van der Waals surface area contributed by atoms with E-state index >= 15 is 0 Å². The molecule has 0 unspecified atom stereocenters. The van der Waals surface area contributed by atoms with Crippen LogP contribution in [-0.4, -0.2) is 71.1 Å². The van der Waals surface area contributed by atoms with Crippen LogP contribution in [0.3, 0.4) is 0 Å². The summed E-state index contributed by atoms with van der Waals surface area (Å²) in [5.41, 5.74) is 2.41. The maximum Gasteiger partial charge on any atom is 0.222 e. The van der Waals surface area contributed by atoms with Crippen LogP contribution in [0, 0.1) is 0 Å². The average Bonchev–Trinajstić information content (AvgIpc) is 3.33. The van der Waals surface area contributed by atoms with Crippen LogP contribution in [0.25, 0.3) is 5.69 Å². The number of carbonyl (C=O) groups is 1. The van der Waals surface area contributed by atoms with E-state index < -0.39 is 0 Å². The monoisotopic (exact) mass is 339 g/mol. The Kier molecular flexibility index (Phi) is 4.70. The number of aromatic nitrogens is 2. The second kappa shape index (κ2) is 7.27. The predicted molar refractivity (Wildman–Crippen MR) is 98.0 cm³/mol. The number of carbonyl (C=O) groups excluding carboxylic acids is 1. The molecule has 0 spiro atoms. The molecule has 1 amide bonds. The number of piperazine rings is 1. The van der Waals surface area contributed by atoms with Gasteiger partial charge in [0, 0.05) is 76.0 Å². The lowest BCUT2D eigenvalue weighted by Crippen LogP contribution is -2.48. The zero-order valence-electron chi connectivity index (χ0n) is 14.5. The summed E-state index contributed by atoms with van der Waals surface area (Å²) in [6.07, 6.45) is 7.34. The third-order valence-electron chi connectivity index (χ3n) is 5.25. The summed E-state index contributed by atoms with van der Waals surface area (Å²) in [7, 11) is 0. The Hall–Kier alpha value is -2.34. The molecule has 2 saturated heterocycles. The summed E-state index contributed by atoms with van der Waals surface area (Å²) in [6.45, 7) is 7.03. The van der Waals surface area contributed by atoms with Crippen LogP contribution in [0.2, 0.25) is 0 Å². The summed E-state index contributed by atoms with van der Waals surface area (Å²) in [5, 5.41) is 0. The molecule has 0 saturated carbocycles. The standard InChI is InChI=1S/C19H25N5O/c25-19-2-1-8-23(19)15-12-21-10-13-22(14-11-21)17-3-5-18(6-4-17)24-9-7-20-16-24/h3-7,9,16H,1-2,8,10-15H2. The normalized spacial score (nSPS) is 19.0. The van der Waals surface area contributed by atoms with Crippen LogP contribution >= 0.6 is 0 Å². The average molecular weight is 339 g/mol. The maximum absolute atomic E-state index is 11.7. The number of amides is 1. The Bertz CT molecular complexity index is 689. The highest BCUT2D eigenvalue weighted by molar-refractivity contribution is 5.78. The van der Waals surface area contributed by atoms with Crippen LogP contribution < -0.4 is 4.90 Å². The van der Waals surface area contributed by atoms with Crippen LogP contribution in [-0.2, 0) is 4.79 Å². The Balaban J connectivity index is 1.27. The molecule has 1 aromatic heterocycles. The fraction of sp³-hybridized carbons (Fsp3) is 0.474. The molecule has 25 heavy (non-hydrogen) atoms. The number of hydrogen-bond donors (Lipinski definition) is 0. The van der Waals surface area contributed by atoms with Crippen molar-refractivity contribution in [3.8, 4) is 5.69 Å². The second-order valence-corrected chi connectivity index (χ2v) is 6.80. The summed E-state index contributed by atoms with van der Waals surface area (Å²) in [6, 6.07) is 8.66. The van der Waals surface area contributed by atoms with Crippen molar-refractivity contribution < 1.29 is 4.79 Å². The summed E-state index contributed by atoms with van der Waals surface area (Å²) in [5.74, 6) is 0.330. The zero-order valence-corrected chi connectivity index (χ0v) is 14.5. The first-order chi connectivity index (χ1) is 12.3. The maximum atomic E-state index is 11.7. The van der Waals surface area contributed by atoms with Gasteiger partial charge in [-0.3, -0.25) is 9.69 Å². The summed E-state index contributed by atoms with van der Waals surface area (Å²) >= 11 is 0. The van der Waals surface area contributed by atoms with Gasteiger partial charge in [-0.05, 0) is 30.7 Å². The Morgan fingerprint density at radius 2 is 1.68 bits per heavy atom. The van der Waals surface area contributed by atoms with E-state index in [-0.39, 0.29) is 0 Å². The highest BCUT2D eigenvalue weighted by Crippen LogP contribution is 2.19. The van der Waals surface area contributed by atoms with Gasteiger partial charge >= 0.3 is 0 Å². The highest BCUT2D eigenvalue weighted by atomic mass is 16.2. The quantitative estimate of drug-likeness (QED) is 0.830. The molecule has 4 rings (SSSR count). The predicted octanol–water partition coefficient (Wildman–Crippen LogP) is 1.62. The number of anilines is 1. The van der Waals surface area contributed by atoms with Gasteiger partial charge in [-0.25, -0.2) is 4.98 Å². The molecule has 6 heteroatoms. The molecule has 6 nitrogen and oxygen atoms in total. The lowest BCUT2D eigenvalue weighted by molar-refractivity contribution is -0.127. The molecule has 0 atom stereocenters. The molecular weight excluding hydrogens is 314 g/mol. The van der Waals surface area contributed by atoms with Gasteiger partial charge in [-0.15, -0.1) is 0 Å². The Morgan fingerprint density at radius 3 is 2.32 bits per heavy atom. The number of benzene rings is 1. The minimum atomic E-state index is 0.330. The van der Waals surface area contributed by atoms with Crippen LogP contribution in [0.1, 0.15) is 12.8 Å². The molecular formula is C19H25N5O. The number of rotatable bonds is 5. The van der Waals surface area contributed by atoms with Gasteiger partial charge in [-0.2, -0.15) is 0 Å². The van der Waals surface area contributed by atoms with Crippen molar-refractivity contribution in [3.63, 3.8) is 0 Å². The van der Waals surface area contributed by atoms with Gasteiger partial charge in [0.2, 0.25) is 5.91 Å². The van der Waals surface area contributed by atoms with E-state index in [4.69, 9.17) is 0 Å². The smallest absolute Gasteiger partial charge is 0.222 e. The lowest BCUT2D eigenvalue weighted by Gasteiger charge is -2.36. The van der Waals surface area contributed by atoms with Crippen molar-refractivity contribution in [2.75, 3.05) is 50.7 Å². The highest BCUT2D eigenvalue weighted by Gasteiger charge is 2.22. The van der Waals surface area contributed by atoms with Crippen molar-refractivity contribution in [3.05, 3.63) is 43.0 Å². The number of hydrogen-bond acceptors (Lipinski definition) is 4. The first-order valence-electron chi connectivity index (χ1n) is 9.13. The molecule has 132 valence electrons. The van der Waals surface area contributed by atoms with E-state index in [1.807, 2.05) is 22.0 Å². The molecule has 0 bridgehead atoms. The number of nitrogens with zero attached hydrogens (tertiary/aromatic N) is 5. The summed E-state index contributed by atoms with van der Waals surface area (Å²) < 4.78 is 2.02. The first kappa shape index (κ1) is 16.1. The van der Waals surface area contributed by atoms with Crippen molar-refractivity contribution >= 4 is 11.6 Å². The van der Waals surface area contributed by atoms with E-state index in [0.29, 0.717) is 5.91 Å². The third-order valence-corrected chi connectivity index (χ3v) is 5.25. The third kappa shape index (κ3) is 3.69. The SMILES string of the molecule is O=C1CCCN1CCN1CCN(c2ccc(-n3ccnc3)cc2)CC1. The molecule has 0 N–H and O–H groups in total. The van der Waals surface area contributed by atoms with Gasteiger partial charge in [0.05, 0.1) is 6.33 Å². The Labute approximate surface area is 148 Å². The number of imidazole rings is 1. The molecule has 2 aliphatic heterocycles. The topological polar surface area (TPSA) is 44.6 Å². The van der Waals surface area contributed by atoms with Crippen molar-refractivity contribution in [2.45, 2.75) is 12.8 Å². The second-order valence-electron chi connectivity index (χ2n) is 6.80. The largest absolute Gasteiger partial charge is 0.369 e. The van der Waals surface area contributed by atoms with Crippen molar-refractivity contribution in [2.24, 2.45) is 0 Å². The first-order valence-corrected chi connectivity index (χ1v) is 9.13. The lowest BCUT2D eigenvalue weighted by atomic mass is 10.2. The Morgan fingerprint density at radius 1 is 0.920 bits per heavy atom. The van der Waals surface area contributed by atoms with Gasteiger partial charge in [0.1, 0.15) is 0 Å². The fourth-order valence-corrected chi connectivity index (χ4v) is 3.68. The van der Waals surface area contributed by atoms with E-state index in [1.165, 1.54) is 5.69 Å². The van der Waals surface area contributed by atoms with Crippen LogP contribution in [0.4, 0.5) is 5.69 Å². The molecule has 2 aliphatic rings. The van der Waals surface area contributed by atoms with Crippen LogP contribution in [0.5, 0.6) is 0 Å². The van der Waals surface area contributed by atoms with Crippen LogP contribution in [0.15, 0.2) is 43.0 Å². The van der Waals surface area contributed by atoms with E-state index in [0.717, 1.165) is 64.3 Å². The van der Waals surface area contributed by atoms with E-state index in [1.54, 1.807) is 6.20 Å². The van der Waals surface area contributed by atoms with E-state index in [2.05, 4.69) is 39.0 Å². The molecule has 0 aliphatic carbocycles. The van der Waals surface area contributed by atoms with Gasteiger partial charge in [-0.1, -0.05) is 0 Å². The van der Waals surface area contributed by atoms with Crippen molar-refractivity contribution in [1.82, 2.24) is 19.4 Å². The van der Waals surface area contributed by atoms with E-state index in [9.17, 15) is 4.79 Å². The zero-order chi connectivity index (χ0) is 17.1.